The number of rotatable bonds is 17. The van der Waals surface area contributed by atoms with Crippen molar-refractivity contribution >= 4 is 16.7 Å². The highest BCUT2D eigenvalue weighted by atomic mass is 16.5. The Morgan fingerprint density at radius 1 is 0.730 bits per heavy atom. The van der Waals surface area contributed by atoms with E-state index in [0.717, 1.165) is 47.3 Å². The topological polar surface area (TPSA) is 44.8 Å². The Morgan fingerprint density at radius 2 is 1.32 bits per heavy atom. The van der Waals surface area contributed by atoms with Gasteiger partial charge >= 0.3 is 5.97 Å². The lowest BCUT2D eigenvalue weighted by atomic mass is 10.1. The smallest absolute Gasteiger partial charge is 0.338 e. The van der Waals surface area contributed by atoms with Gasteiger partial charge in [-0.25, -0.2) is 4.79 Å². The van der Waals surface area contributed by atoms with E-state index in [4.69, 9.17) is 14.2 Å². The summed E-state index contributed by atoms with van der Waals surface area (Å²) in [6, 6.07) is 19.8. The maximum absolute atomic E-state index is 12.2. The van der Waals surface area contributed by atoms with E-state index in [-0.39, 0.29) is 5.97 Å². The Morgan fingerprint density at radius 3 is 1.95 bits per heavy atom. The van der Waals surface area contributed by atoms with E-state index in [0.29, 0.717) is 24.7 Å². The molecule has 0 aliphatic rings. The van der Waals surface area contributed by atoms with Crippen LogP contribution in [0.15, 0.2) is 60.7 Å². The second kappa shape index (κ2) is 16.0. The lowest BCUT2D eigenvalue weighted by Gasteiger charge is -2.11. The summed E-state index contributed by atoms with van der Waals surface area (Å²) >= 11 is 0. The van der Waals surface area contributed by atoms with E-state index in [9.17, 15) is 4.79 Å². The van der Waals surface area contributed by atoms with Crippen LogP contribution in [0.5, 0.6) is 11.5 Å². The number of carbonyl (C=O) groups is 1. The summed E-state index contributed by atoms with van der Waals surface area (Å²) in [4.78, 5) is 12.2. The first-order valence-corrected chi connectivity index (χ1v) is 14.1. The van der Waals surface area contributed by atoms with E-state index in [2.05, 4.69) is 45.0 Å². The molecule has 3 aromatic rings. The highest BCUT2D eigenvalue weighted by molar-refractivity contribution is 5.89. The van der Waals surface area contributed by atoms with Crippen molar-refractivity contribution in [3.63, 3.8) is 0 Å². The molecule has 1 atom stereocenters. The Balaban J connectivity index is 1.41. The average molecular weight is 505 g/mol. The molecule has 37 heavy (non-hydrogen) atoms. The molecule has 0 saturated heterocycles. The van der Waals surface area contributed by atoms with Crippen molar-refractivity contribution in [1.29, 1.82) is 0 Å². The van der Waals surface area contributed by atoms with Crippen molar-refractivity contribution in [2.24, 2.45) is 5.92 Å². The third kappa shape index (κ3) is 10.1. The van der Waals surface area contributed by atoms with E-state index in [1.165, 1.54) is 44.9 Å². The molecule has 0 aliphatic heterocycles. The number of fused-ring (bicyclic) bond motifs is 1. The fourth-order valence-corrected chi connectivity index (χ4v) is 4.13. The number of ether oxygens (including phenoxy) is 3. The molecule has 4 nitrogen and oxygen atoms in total. The third-order valence-electron chi connectivity index (χ3n) is 6.84. The van der Waals surface area contributed by atoms with Gasteiger partial charge in [0.2, 0.25) is 0 Å². The Hall–Kier alpha value is -3.01. The minimum Gasteiger partial charge on any atom is -0.494 e. The van der Waals surface area contributed by atoms with Gasteiger partial charge in [0.1, 0.15) is 18.1 Å². The number of carbonyl (C=O) groups excluding carboxylic acids is 1. The van der Waals surface area contributed by atoms with Crippen LogP contribution >= 0.6 is 0 Å². The zero-order valence-electron chi connectivity index (χ0n) is 23.0. The predicted molar refractivity (Wildman–Crippen MR) is 153 cm³/mol. The van der Waals surface area contributed by atoms with Gasteiger partial charge in [-0.05, 0) is 65.1 Å². The van der Waals surface area contributed by atoms with Crippen LogP contribution < -0.4 is 9.47 Å². The summed E-state index contributed by atoms with van der Waals surface area (Å²) in [7, 11) is 0. The molecule has 0 fully saturated rings. The van der Waals surface area contributed by atoms with Crippen molar-refractivity contribution < 1.29 is 19.0 Å². The van der Waals surface area contributed by atoms with Gasteiger partial charge in [-0.2, -0.15) is 0 Å². The minimum absolute atomic E-state index is 0.275. The molecule has 3 aromatic carbocycles. The average Bonchev–Trinajstić information content (AvgIpc) is 2.93. The van der Waals surface area contributed by atoms with Crippen molar-refractivity contribution in [3.05, 3.63) is 71.8 Å². The van der Waals surface area contributed by atoms with Gasteiger partial charge in [0, 0.05) is 0 Å². The third-order valence-corrected chi connectivity index (χ3v) is 6.84. The number of unbranched alkanes of at least 4 members (excludes halogenated alkanes) is 7. The number of hydrogen-bond donors (Lipinski definition) is 0. The normalized spacial score (nSPS) is 11.9. The first kappa shape index (κ1) is 28.6. The van der Waals surface area contributed by atoms with E-state index < -0.39 is 0 Å². The molecule has 0 heterocycles. The van der Waals surface area contributed by atoms with Crippen molar-refractivity contribution in [3.8, 4) is 11.5 Å². The quantitative estimate of drug-likeness (QED) is 0.136. The fraction of sp³-hybridized carbons (Fsp3) is 0.485. The molecule has 0 aromatic heterocycles. The molecule has 0 aliphatic carbocycles. The lowest BCUT2D eigenvalue weighted by molar-refractivity contribution is 0.0447. The minimum atomic E-state index is -0.275. The molecule has 0 radical (unpaired) electrons. The molecule has 0 saturated carbocycles. The molecule has 0 N–H and O–H groups in total. The van der Waals surface area contributed by atoms with Crippen LogP contribution in [-0.4, -0.2) is 19.2 Å². The zero-order chi connectivity index (χ0) is 26.3. The number of hydrogen-bond acceptors (Lipinski definition) is 4. The standard InChI is InChI=1S/C33H44O4/c1-4-6-7-8-9-10-11-12-21-35-31-19-17-30-23-32(20-18-29(30)22-31)36-25-27-13-15-28(16-14-27)33(34)37-24-26(3)5-2/h13-20,22-23,26H,4-12,21,24-25H2,1-3H3/t26-/m1/s1. The Labute approximate surface area is 223 Å². The van der Waals surface area contributed by atoms with E-state index in [1.807, 2.05) is 24.3 Å². The van der Waals surface area contributed by atoms with Crippen LogP contribution in [0.4, 0.5) is 0 Å². The maximum Gasteiger partial charge on any atom is 0.338 e. The van der Waals surface area contributed by atoms with Crippen molar-refractivity contribution in [2.75, 3.05) is 13.2 Å². The molecule has 0 bridgehead atoms. The largest absolute Gasteiger partial charge is 0.494 e. The van der Waals surface area contributed by atoms with Gasteiger partial charge in [0.25, 0.3) is 0 Å². The summed E-state index contributed by atoms with van der Waals surface area (Å²) in [5, 5.41) is 2.26. The Kier molecular flexibility index (Phi) is 12.3. The van der Waals surface area contributed by atoms with Gasteiger partial charge in [-0.3, -0.25) is 0 Å². The zero-order valence-corrected chi connectivity index (χ0v) is 23.0. The maximum atomic E-state index is 12.2. The second-order valence-corrected chi connectivity index (χ2v) is 10.1. The number of esters is 1. The fourth-order valence-electron chi connectivity index (χ4n) is 4.13. The number of benzene rings is 3. The van der Waals surface area contributed by atoms with Gasteiger partial charge in [-0.15, -0.1) is 0 Å². The summed E-state index contributed by atoms with van der Waals surface area (Å²) in [5.74, 6) is 1.84. The van der Waals surface area contributed by atoms with Crippen molar-refractivity contribution in [1.82, 2.24) is 0 Å². The molecular formula is C33H44O4. The second-order valence-electron chi connectivity index (χ2n) is 10.1. The van der Waals surface area contributed by atoms with Crippen molar-refractivity contribution in [2.45, 2.75) is 85.2 Å². The summed E-state index contributed by atoms with van der Waals surface area (Å²) in [6.45, 7) is 8.09. The molecule has 0 unspecified atom stereocenters. The van der Waals surface area contributed by atoms with Crippen LogP contribution in [0.1, 0.15) is 94.5 Å². The molecule has 200 valence electrons. The van der Waals surface area contributed by atoms with Gasteiger partial charge < -0.3 is 14.2 Å². The first-order chi connectivity index (χ1) is 18.1. The van der Waals surface area contributed by atoms with E-state index in [1.54, 1.807) is 12.1 Å². The van der Waals surface area contributed by atoms with Gasteiger partial charge in [-0.1, -0.05) is 96.4 Å². The molecule has 3 rings (SSSR count). The molecular weight excluding hydrogens is 460 g/mol. The van der Waals surface area contributed by atoms with E-state index >= 15 is 0 Å². The highest BCUT2D eigenvalue weighted by Gasteiger charge is 2.09. The monoisotopic (exact) mass is 504 g/mol. The SMILES string of the molecule is CCCCCCCCCCOc1ccc2cc(OCc3ccc(C(=O)OC[C@H](C)CC)cc3)ccc2c1. The summed E-state index contributed by atoms with van der Waals surface area (Å²) < 4.78 is 17.4. The van der Waals surface area contributed by atoms with Crippen LogP contribution in [0.25, 0.3) is 10.8 Å². The summed E-state index contributed by atoms with van der Waals surface area (Å²) in [6.07, 6.45) is 11.4. The predicted octanol–water partition coefficient (Wildman–Crippen LogP) is 9.14. The Bertz CT molecular complexity index is 1070. The highest BCUT2D eigenvalue weighted by Crippen LogP contribution is 2.26. The summed E-state index contributed by atoms with van der Waals surface area (Å²) in [5.41, 5.74) is 1.57. The molecule has 0 amide bonds. The molecule has 4 heteroatoms. The van der Waals surface area contributed by atoms with Crippen LogP contribution in [0.3, 0.4) is 0 Å². The van der Waals surface area contributed by atoms with Crippen LogP contribution in [0.2, 0.25) is 0 Å². The van der Waals surface area contributed by atoms with Gasteiger partial charge in [0.15, 0.2) is 0 Å². The lowest BCUT2D eigenvalue weighted by Crippen LogP contribution is -2.11. The van der Waals surface area contributed by atoms with Crippen LogP contribution in [0, 0.1) is 5.92 Å². The first-order valence-electron chi connectivity index (χ1n) is 14.1. The van der Waals surface area contributed by atoms with Crippen LogP contribution in [-0.2, 0) is 11.3 Å². The van der Waals surface area contributed by atoms with Gasteiger partial charge in [0.05, 0.1) is 18.8 Å². The molecule has 0 spiro atoms.